The number of hydrogen-bond acceptors (Lipinski definition) is 3. The van der Waals surface area contributed by atoms with Crippen LogP contribution in [0, 0.1) is 5.92 Å². The summed E-state index contributed by atoms with van der Waals surface area (Å²) in [5.74, 6) is -0.213. The van der Waals surface area contributed by atoms with E-state index >= 15 is 0 Å². The van der Waals surface area contributed by atoms with Gasteiger partial charge in [0.05, 0.1) is 5.92 Å². The van der Waals surface area contributed by atoms with Crippen molar-refractivity contribution in [3.8, 4) is 0 Å². The van der Waals surface area contributed by atoms with Gasteiger partial charge in [-0.05, 0) is 43.5 Å². The number of piperidine rings is 1. The summed E-state index contributed by atoms with van der Waals surface area (Å²) in [7, 11) is 0. The Morgan fingerprint density at radius 2 is 2.33 bits per heavy atom. The summed E-state index contributed by atoms with van der Waals surface area (Å²) in [6.45, 7) is 5.75. The first kappa shape index (κ1) is 16.3. The number of amides is 1. The van der Waals surface area contributed by atoms with Crippen LogP contribution in [-0.2, 0) is 11.3 Å². The van der Waals surface area contributed by atoms with Crippen molar-refractivity contribution in [3.05, 3.63) is 28.2 Å². The number of benzene rings is 1. The fourth-order valence-corrected chi connectivity index (χ4v) is 3.16. The van der Waals surface area contributed by atoms with Crippen molar-refractivity contribution in [2.24, 2.45) is 11.7 Å². The highest BCUT2D eigenvalue weighted by Crippen LogP contribution is 2.29. The van der Waals surface area contributed by atoms with E-state index < -0.39 is 0 Å². The number of nitrogens with one attached hydrogen (secondary N) is 1. The lowest BCUT2D eigenvalue weighted by atomic mass is 9.96. The zero-order chi connectivity index (χ0) is 15.2. The molecular formula is C16H24BrN3O. The second kappa shape index (κ2) is 7.80. The van der Waals surface area contributed by atoms with E-state index in [1.165, 1.54) is 11.3 Å². The van der Waals surface area contributed by atoms with Crippen LogP contribution >= 0.6 is 15.9 Å². The molecule has 116 valence electrons. The monoisotopic (exact) mass is 353 g/mol. The van der Waals surface area contributed by atoms with Gasteiger partial charge < -0.3 is 16.0 Å². The van der Waals surface area contributed by atoms with Crippen molar-refractivity contribution in [3.63, 3.8) is 0 Å². The second-order valence-corrected chi connectivity index (χ2v) is 6.55. The molecule has 1 fully saturated rings. The predicted octanol–water partition coefficient (Wildman–Crippen LogP) is 2.65. The van der Waals surface area contributed by atoms with Crippen LogP contribution in [0.1, 0.15) is 31.7 Å². The minimum Gasteiger partial charge on any atom is -0.370 e. The summed E-state index contributed by atoms with van der Waals surface area (Å²) in [6, 6.07) is 6.37. The summed E-state index contributed by atoms with van der Waals surface area (Å²) in [5.41, 5.74) is 7.97. The lowest BCUT2D eigenvalue weighted by Crippen LogP contribution is -2.41. The number of halogens is 1. The molecule has 0 bridgehead atoms. The average molecular weight is 354 g/mol. The van der Waals surface area contributed by atoms with Gasteiger partial charge >= 0.3 is 0 Å². The average Bonchev–Trinajstić information content (AvgIpc) is 2.49. The minimum absolute atomic E-state index is 0.0332. The summed E-state index contributed by atoms with van der Waals surface area (Å²) in [4.78, 5) is 13.8. The number of nitrogens with two attached hydrogens (primary N) is 1. The van der Waals surface area contributed by atoms with E-state index in [1.54, 1.807) is 0 Å². The fourth-order valence-electron chi connectivity index (χ4n) is 2.81. The molecule has 3 N–H and O–H groups in total. The van der Waals surface area contributed by atoms with E-state index in [0.717, 1.165) is 49.9 Å². The highest BCUT2D eigenvalue weighted by molar-refractivity contribution is 9.10. The van der Waals surface area contributed by atoms with Gasteiger partial charge in [-0.15, -0.1) is 0 Å². The largest absolute Gasteiger partial charge is 0.370 e. The Bertz CT molecular complexity index is 492. The van der Waals surface area contributed by atoms with Crippen LogP contribution in [-0.4, -0.2) is 25.5 Å². The fraction of sp³-hybridized carbons (Fsp3) is 0.562. The van der Waals surface area contributed by atoms with E-state index in [2.05, 4.69) is 51.3 Å². The van der Waals surface area contributed by atoms with Crippen molar-refractivity contribution in [2.45, 2.75) is 32.7 Å². The molecule has 1 aliphatic rings. The molecular weight excluding hydrogens is 330 g/mol. The number of hydrogen-bond donors (Lipinski definition) is 2. The van der Waals surface area contributed by atoms with Gasteiger partial charge in [-0.3, -0.25) is 4.79 Å². The van der Waals surface area contributed by atoms with Crippen LogP contribution in [0.3, 0.4) is 0 Å². The number of anilines is 1. The van der Waals surface area contributed by atoms with Crippen molar-refractivity contribution in [2.75, 3.05) is 24.5 Å². The van der Waals surface area contributed by atoms with Gasteiger partial charge in [0.2, 0.25) is 5.91 Å². The normalized spacial score (nSPS) is 18.8. The third kappa shape index (κ3) is 4.45. The molecule has 1 amide bonds. The maximum Gasteiger partial charge on any atom is 0.222 e. The molecule has 0 aromatic heterocycles. The molecule has 0 saturated carbocycles. The summed E-state index contributed by atoms with van der Waals surface area (Å²) >= 11 is 3.55. The van der Waals surface area contributed by atoms with Gasteiger partial charge in [0, 0.05) is 29.8 Å². The number of nitrogens with zero attached hydrogens (tertiary/aromatic N) is 1. The summed E-state index contributed by atoms with van der Waals surface area (Å²) in [6.07, 6.45) is 3.05. The SMILES string of the molecule is CCCNCc1ccc(Br)cc1N1CCCC(C(N)=O)C1. The van der Waals surface area contributed by atoms with Crippen LogP contribution < -0.4 is 16.0 Å². The molecule has 5 heteroatoms. The number of rotatable bonds is 6. The topological polar surface area (TPSA) is 58.4 Å². The highest BCUT2D eigenvalue weighted by Gasteiger charge is 2.25. The Labute approximate surface area is 135 Å². The maximum absolute atomic E-state index is 11.5. The number of primary amides is 1. The first-order valence-corrected chi connectivity index (χ1v) is 8.44. The highest BCUT2D eigenvalue weighted by atomic mass is 79.9. The molecule has 1 aliphatic heterocycles. The van der Waals surface area contributed by atoms with Crippen molar-refractivity contribution >= 4 is 27.5 Å². The van der Waals surface area contributed by atoms with Crippen LogP contribution in [0.2, 0.25) is 0 Å². The molecule has 1 aromatic rings. The van der Waals surface area contributed by atoms with Gasteiger partial charge in [0.15, 0.2) is 0 Å². The molecule has 2 rings (SSSR count). The Hall–Kier alpha value is -1.07. The zero-order valence-electron chi connectivity index (χ0n) is 12.6. The van der Waals surface area contributed by atoms with E-state index in [1.807, 2.05) is 0 Å². The molecule has 1 heterocycles. The Morgan fingerprint density at radius 1 is 1.52 bits per heavy atom. The molecule has 0 spiro atoms. The summed E-state index contributed by atoms with van der Waals surface area (Å²) < 4.78 is 1.07. The van der Waals surface area contributed by atoms with Gasteiger partial charge in [0.1, 0.15) is 0 Å². The Balaban J connectivity index is 2.16. The van der Waals surface area contributed by atoms with Crippen molar-refractivity contribution in [1.82, 2.24) is 5.32 Å². The maximum atomic E-state index is 11.5. The minimum atomic E-state index is -0.180. The van der Waals surface area contributed by atoms with Crippen LogP contribution in [0.4, 0.5) is 5.69 Å². The molecule has 21 heavy (non-hydrogen) atoms. The lowest BCUT2D eigenvalue weighted by molar-refractivity contribution is -0.122. The lowest BCUT2D eigenvalue weighted by Gasteiger charge is -2.34. The number of carbonyl (C=O) groups excluding carboxylic acids is 1. The predicted molar refractivity (Wildman–Crippen MR) is 90.3 cm³/mol. The molecule has 1 unspecified atom stereocenters. The second-order valence-electron chi connectivity index (χ2n) is 5.64. The zero-order valence-corrected chi connectivity index (χ0v) is 14.2. The molecule has 4 nitrogen and oxygen atoms in total. The van der Waals surface area contributed by atoms with Crippen LogP contribution in [0.5, 0.6) is 0 Å². The first-order chi connectivity index (χ1) is 10.1. The standard InChI is InChI=1S/C16H24BrN3O/c1-2-7-19-10-12-5-6-14(17)9-15(12)20-8-3-4-13(11-20)16(18)21/h5-6,9,13,19H,2-4,7-8,10-11H2,1H3,(H2,18,21). The molecule has 0 aliphatic carbocycles. The van der Waals surface area contributed by atoms with Gasteiger partial charge in [-0.25, -0.2) is 0 Å². The van der Waals surface area contributed by atoms with Crippen LogP contribution in [0.25, 0.3) is 0 Å². The van der Waals surface area contributed by atoms with Crippen molar-refractivity contribution in [1.29, 1.82) is 0 Å². The van der Waals surface area contributed by atoms with Gasteiger partial charge in [-0.2, -0.15) is 0 Å². The first-order valence-electron chi connectivity index (χ1n) is 7.65. The molecule has 1 saturated heterocycles. The van der Waals surface area contributed by atoms with E-state index in [-0.39, 0.29) is 11.8 Å². The quantitative estimate of drug-likeness (QED) is 0.773. The van der Waals surface area contributed by atoms with Gasteiger partial charge in [0.25, 0.3) is 0 Å². The van der Waals surface area contributed by atoms with E-state index in [9.17, 15) is 4.79 Å². The van der Waals surface area contributed by atoms with Crippen molar-refractivity contribution < 1.29 is 4.79 Å². The molecule has 0 radical (unpaired) electrons. The van der Waals surface area contributed by atoms with E-state index in [0.29, 0.717) is 0 Å². The van der Waals surface area contributed by atoms with Crippen LogP contribution in [0.15, 0.2) is 22.7 Å². The third-order valence-electron chi connectivity index (χ3n) is 3.95. The van der Waals surface area contributed by atoms with E-state index in [4.69, 9.17) is 5.73 Å². The number of carbonyl (C=O) groups is 1. The third-order valence-corrected chi connectivity index (χ3v) is 4.45. The Morgan fingerprint density at radius 3 is 3.05 bits per heavy atom. The Kier molecular flexibility index (Phi) is 6.06. The molecule has 1 aromatic carbocycles. The summed E-state index contributed by atoms with van der Waals surface area (Å²) in [5, 5.41) is 3.45. The smallest absolute Gasteiger partial charge is 0.222 e. The molecule has 1 atom stereocenters. The van der Waals surface area contributed by atoms with Gasteiger partial charge in [-0.1, -0.05) is 28.9 Å².